The van der Waals surface area contributed by atoms with Crippen molar-refractivity contribution in [1.29, 1.82) is 0 Å². The fourth-order valence-corrected chi connectivity index (χ4v) is 3.62. The van der Waals surface area contributed by atoms with Gasteiger partial charge in [0.2, 0.25) is 0 Å². The average Bonchev–Trinajstić information content (AvgIpc) is 2.99. The summed E-state index contributed by atoms with van der Waals surface area (Å²) in [5.74, 6) is -0.228. The number of aromatic nitrogens is 2. The molecule has 3 rings (SSSR count). The van der Waals surface area contributed by atoms with Crippen molar-refractivity contribution in [2.45, 2.75) is 13.0 Å². The smallest absolute Gasteiger partial charge is 0.261 e. The van der Waals surface area contributed by atoms with E-state index in [2.05, 4.69) is 10.3 Å². The highest BCUT2D eigenvalue weighted by atomic mass is 35.5. The number of H-pyrrole nitrogens is 1. The van der Waals surface area contributed by atoms with Crippen molar-refractivity contribution in [3.8, 4) is 0 Å². The van der Waals surface area contributed by atoms with Crippen molar-refractivity contribution in [2.24, 2.45) is 7.05 Å². The largest absolute Gasteiger partial charge is 0.345 e. The lowest BCUT2D eigenvalue weighted by Crippen LogP contribution is -2.26. The minimum Gasteiger partial charge on any atom is -0.345 e. The summed E-state index contributed by atoms with van der Waals surface area (Å²) in [6.45, 7) is 1.89. The van der Waals surface area contributed by atoms with Crippen LogP contribution in [0.3, 0.4) is 0 Å². The van der Waals surface area contributed by atoms with E-state index in [1.54, 1.807) is 31.3 Å². The van der Waals surface area contributed by atoms with Gasteiger partial charge >= 0.3 is 0 Å². The van der Waals surface area contributed by atoms with Gasteiger partial charge in [-0.3, -0.25) is 14.2 Å². The van der Waals surface area contributed by atoms with Crippen molar-refractivity contribution in [2.75, 3.05) is 0 Å². The van der Waals surface area contributed by atoms with Gasteiger partial charge in [-0.2, -0.15) is 0 Å². The second-order valence-electron chi connectivity index (χ2n) is 5.39. The number of carbonyl (C=O) groups excluding carboxylic acids is 1. The summed E-state index contributed by atoms with van der Waals surface area (Å²) in [7, 11) is 1.61. The van der Waals surface area contributed by atoms with Gasteiger partial charge in [0, 0.05) is 17.5 Å². The summed E-state index contributed by atoms with van der Waals surface area (Å²) in [4.78, 5) is 28.6. The van der Waals surface area contributed by atoms with Crippen LogP contribution in [0.25, 0.3) is 10.9 Å². The number of carbonyl (C=O) groups is 1. The van der Waals surface area contributed by atoms with Crippen LogP contribution in [0.15, 0.2) is 35.1 Å². The van der Waals surface area contributed by atoms with E-state index in [0.717, 1.165) is 4.88 Å². The van der Waals surface area contributed by atoms with E-state index in [9.17, 15) is 9.59 Å². The molecule has 8 heteroatoms. The van der Waals surface area contributed by atoms with Gasteiger partial charge in [0.05, 0.1) is 21.3 Å². The molecule has 0 radical (unpaired) electrons. The van der Waals surface area contributed by atoms with Crippen LogP contribution in [0.5, 0.6) is 0 Å². The summed E-state index contributed by atoms with van der Waals surface area (Å²) >= 11 is 12.5. The lowest BCUT2D eigenvalue weighted by Gasteiger charge is -2.12. The Morgan fingerprint density at radius 1 is 1.38 bits per heavy atom. The van der Waals surface area contributed by atoms with E-state index in [0.29, 0.717) is 25.6 Å². The highest BCUT2D eigenvalue weighted by Crippen LogP contribution is 2.26. The zero-order valence-corrected chi connectivity index (χ0v) is 15.3. The van der Waals surface area contributed by atoms with Gasteiger partial charge in [0.25, 0.3) is 11.5 Å². The number of thiophene rings is 1. The van der Waals surface area contributed by atoms with Gasteiger partial charge in [-0.15, -0.1) is 11.3 Å². The van der Waals surface area contributed by atoms with Crippen LogP contribution in [0.1, 0.15) is 28.2 Å². The summed E-state index contributed by atoms with van der Waals surface area (Å²) in [5.41, 5.74) is 0.806. The average molecular weight is 380 g/mol. The molecule has 0 unspecified atom stereocenters. The fourth-order valence-electron chi connectivity index (χ4n) is 2.36. The monoisotopic (exact) mass is 379 g/mol. The van der Waals surface area contributed by atoms with E-state index < -0.39 is 0 Å². The number of fused-ring (bicyclic) bond motifs is 1. The third kappa shape index (κ3) is 3.15. The Morgan fingerprint density at radius 3 is 2.79 bits per heavy atom. The van der Waals surface area contributed by atoms with Crippen LogP contribution in [0, 0.1) is 4.77 Å². The van der Waals surface area contributed by atoms with Gasteiger partial charge < -0.3 is 10.3 Å². The molecule has 2 aromatic heterocycles. The van der Waals surface area contributed by atoms with Gasteiger partial charge in [0.1, 0.15) is 0 Å². The maximum absolute atomic E-state index is 12.5. The van der Waals surface area contributed by atoms with Crippen LogP contribution in [-0.2, 0) is 7.05 Å². The molecule has 1 atom stereocenters. The molecule has 0 bridgehead atoms. The predicted octanol–water partition coefficient (Wildman–Crippen LogP) is 3.80. The van der Waals surface area contributed by atoms with Gasteiger partial charge in [-0.25, -0.2) is 0 Å². The number of halogens is 1. The minimum atomic E-state index is -0.228. The normalized spacial score (nSPS) is 12.3. The standard InChI is InChI=1S/C16H14ClN3O2S2/c1-8(12-5-6-13(17)24-12)18-14(21)9-3-4-10-11(7-9)19-16(23)20(2)15(10)22/h3-8H,1-2H3,(H,18,21)(H,19,23)/t8-/m1/s1. The molecule has 5 nitrogen and oxygen atoms in total. The highest BCUT2D eigenvalue weighted by molar-refractivity contribution is 7.71. The van der Waals surface area contributed by atoms with Crippen molar-refractivity contribution < 1.29 is 4.79 Å². The fraction of sp³-hybridized carbons (Fsp3) is 0.188. The first kappa shape index (κ1) is 16.9. The third-order valence-corrected chi connectivity index (χ3v) is 5.52. The maximum Gasteiger partial charge on any atom is 0.261 e. The third-order valence-electron chi connectivity index (χ3n) is 3.73. The second-order valence-corrected chi connectivity index (χ2v) is 7.53. The lowest BCUT2D eigenvalue weighted by atomic mass is 10.1. The molecule has 2 N–H and O–H groups in total. The molecule has 0 aliphatic carbocycles. The molecular formula is C16H14ClN3O2S2. The number of nitrogens with zero attached hydrogens (tertiary/aromatic N) is 1. The summed E-state index contributed by atoms with van der Waals surface area (Å²) < 4.78 is 2.35. The molecule has 3 aromatic rings. The van der Waals surface area contributed by atoms with Gasteiger partial charge in [0.15, 0.2) is 4.77 Å². The molecule has 0 aliphatic heterocycles. The Morgan fingerprint density at radius 2 is 2.12 bits per heavy atom. The first-order chi connectivity index (χ1) is 11.4. The topological polar surface area (TPSA) is 66.9 Å². The van der Waals surface area contributed by atoms with Crippen LogP contribution >= 0.6 is 35.2 Å². The van der Waals surface area contributed by atoms with Crippen molar-refractivity contribution in [3.63, 3.8) is 0 Å². The quantitative estimate of drug-likeness (QED) is 0.680. The van der Waals surface area contributed by atoms with Crippen molar-refractivity contribution in [1.82, 2.24) is 14.9 Å². The molecular weight excluding hydrogens is 366 g/mol. The highest BCUT2D eigenvalue weighted by Gasteiger charge is 2.14. The molecule has 24 heavy (non-hydrogen) atoms. The first-order valence-corrected chi connectivity index (χ1v) is 8.76. The summed E-state index contributed by atoms with van der Waals surface area (Å²) in [6.07, 6.45) is 0. The molecule has 1 amide bonds. The van der Waals surface area contributed by atoms with E-state index in [4.69, 9.17) is 23.8 Å². The molecule has 0 fully saturated rings. The number of benzene rings is 1. The molecule has 0 saturated carbocycles. The van der Waals surface area contributed by atoms with Gasteiger partial charge in [-0.1, -0.05) is 11.6 Å². The van der Waals surface area contributed by atoms with E-state index in [-0.39, 0.29) is 17.5 Å². The zero-order valence-electron chi connectivity index (χ0n) is 12.9. The summed E-state index contributed by atoms with van der Waals surface area (Å²) in [6, 6.07) is 8.42. The first-order valence-electron chi connectivity index (χ1n) is 7.16. The van der Waals surface area contributed by atoms with E-state index in [1.807, 2.05) is 13.0 Å². The number of rotatable bonds is 3. The SMILES string of the molecule is C[C@@H](NC(=O)c1ccc2c(=O)n(C)c(=S)[nH]c2c1)c1ccc(Cl)s1. The van der Waals surface area contributed by atoms with Crippen LogP contribution in [0.2, 0.25) is 4.34 Å². The molecule has 1 aromatic carbocycles. The minimum absolute atomic E-state index is 0.159. The Hall–Kier alpha value is -1.96. The van der Waals surface area contributed by atoms with Gasteiger partial charge in [-0.05, 0) is 49.5 Å². The predicted molar refractivity (Wildman–Crippen MR) is 99.6 cm³/mol. The Kier molecular flexibility index (Phi) is 4.58. The molecule has 2 heterocycles. The van der Waals surface area contributed by atoms with E-state index in [1.165, 1.54) is 15.9 Å². The van der Waals surface area contributed by atoms with Crippen molar-refractivity contribution in [3.05, 3.63) is 60.2 Å². The van der Waals surface area contributed by atoms with E-state index >= 15 is 0 Å². The van der Waals surface area contributed by atoms with Crippen LogP contribution in [-0.4, -0.2) is 15.5 Å². The Labute approximate surface area is 151 Å². The number of amides is 1. The molecule has 0 spiro atoms. The number of nitrogens with one attached hydrogen (secondary N) is 2. The number of aromatic amines is 1. The number of hydrogen-bond acceptors (Lipinski definition) is 4. The second kappa shape index (κ2) is 6.51. The molecule has 0 aliphatic rings. The Bertz CT molecular complexity index is 1050. The van der Waals surface area contributed by atoms with Crippen molar-refractivity contribution >= 4 is 52.0 Å². The maximum atomic E-state index is 12.5. The summed E-state index contributed by atoms with van der Waals surface area (Å²) in [5, 5.41) is 3.41. The lowest BCUT2D eigenvalue weighted by molar-refractivity contribution is 0.0940. The number of hydrogen-bond donors (Lipinski definition) is 2. The molecule has 0 saturated heterocycles. The van der Waals surface area contributed by atoms with Crippen LogP contribution in [0.4, 0.5) is 0 Å². The Balaban J connectivity index is 1.91. The zero-order chi connectivity index (χ0) is 17.4. The molecule has 124 valence electrons. The van der Waals surface area contributed by atoms with Crippen LogP contribution < -0.4 is 10.9 Å².